The topological polar surface area (TPSA) is 97.7 Å². The number of rotatable bonds is 8. The van der Waals surface area contributed by atoms with Crippen LogP contribution in [0.5, 0.6) is 5.75 Å². The van der Waals surface area contributed by atoms with Crippen LogP contribution in [0.25, 0.3) is 0 Å². The van der Waals surface area contributed by atoms with Crippen molar-refractivity contribution >= 4 is 17.6 Å². The van der Waals surface area contributed by atoms with E-state index < -0.39 is 35.3 Å². The lowest BCUT2D eigenvalue weighted by Crippen LogP contribution is -2.48. The van der Waals surface area contributed by atoms with Crippen LogP contribution in [-0.4, -0.2) is 46.2 Å². The minimum Gasteiger partial charge on any atom is -0.483 e. The molecule has 3 aliphatic rings. The highest BCUT2D eigenvalue weighted by Crippen LogP contribution is 2.44. The van der Waals surface area contributed by atoms with Gasteiger partial charge in [0.25, 0.3) is 11.8 Å². The maximum absolute atomic E-state index is 14.0. The number of nitrogens with one attached hydrogen (secondary N) is 1. The Morgan fingerprint density at radius 1 is 1.02 bits per heavy atom. The van der Waals surface area contributed by atoms with Gasteiger partial charge < -0.3 is 19.5 Å². The summed E-state index contributed by atoms with van der Waals surface area (Å²) in [4.78, 5) is 55.2. The zero-order chi connectivity index (χ0) is 28.0. The van der Waals surface area contributed by atoms with Gasteiger partial charge in [-0.25, -0.2) is 8.78 Å². The molecule has 206 valence electrons. The molecule has 1 N–H and O–H groups in total. The molecule has 2 atom stereocenters. The molecule has 10 heteroatoms. The molecule has 4 heterocycles. The summed E-state index contributed by atoms with van der Waals surface area (Å²) >= 11 is 0. The van der Waals surface area contributed by atoms with Crippen molar-refractivity contribution < 1.29 is 27.9 Å². The lowest BCUT2D eigenvalue weighted by atomic mass is 10.0. The summed E-state index contributed by atoms with van der Waals surface area (Å²) in [5.74, 6) is -3.31. The number of pyridine rings is 1. The van der Waals surface area contributed by atoms with Gasteiger partial charge in [-0.15, -0.1) is 0 Å². The standard InChI is InChI=1S/C30H27F2N3O5/c31-19-9-8-18(21(32)14-19)13-20(36)15-33-29(38)25-24-11-10-23-22-7-4-12-34(22)30(39)26(35(23)24)28(27(25)37)40-16-17-5-2-1-3-6-17/h1-3,5-6,8-9,14,22-23H,4,7,10-13,15-16H2,(H,33,38). The first-order chi connectivity index (χ1) is 19.3. The Labute approximate surface area is 228 Å². The van der Waals surface area contributed by atoms with Crippen LogP contribution in [-0.2, 0) is 24.2 Å². The van der Waals surface area contributed by atoms with E-state index in [9.17, 15) is 28.0 Å². The predicted molar refractivity (Wildman–Crippen MR) is 140 cm³/mol. The van der Waals surface area contributed by atoms with Crippen molar-refractivity contribution in [3.05, 3.63) is 98.5 Å². The number of amides is 2. The largest absolute Gasteiger partial charge is 0.483 e. The minimum atomic E-state index is -0.849. The first-order valence-corrected chi connectivity index (χ1v) is 13.4. The van der Waals surface area contributed by atoms with E-state index in [1.54, 1.807) is 0 Å². The number of carbonyl (C=O) groups excluding carboxylic acids is 3. The zero-order valence-electron chi connectivity index (χ0n) is 21.6. The summed E-state index contributed by atoms with van der Waals surface area (Å²) in [6.07, 6.45) is 2.47. The van der Waals surface area contributed by atoms with E-state index in [0.717, 1.165) is 24.5 Å². The molecule has 8 nitrogen and oxygen atoms in total. The Bertz CT molecular complexity index is 1590. The number of hydrogen-bond donors (Lipinski definition) is 1. The normalized spacial score (nSPS) is 18.9. The van der Waals surface area contributed by atoms with Crippen LogP contribution in [0.15, 0.2) is 53.3 Å². The Hall–Kier alpha value is -4.34. The zero-order valence-corrected chi connectivity index (χ0v) is 21.6. The summed E-state index contributed by atoms with van der Waals surface area (Å²) in [5.41, 5.74) is 0.602. The summed E-state index contributed by atoms with van der Waals surface area (Å²) in [6, 6.07) is 12.0. The number of benzene rings is 2. The first kappa shape index (κ1) is 25.9. The number of aromatic nitrogens is 1. The van der Waals surface area contributed by atoms with Crippen molar-refractivity contribution in [3.63, 3.8) is 0 Å². The van der Waals surface area contributed by atoms with Gasteiger partial charge in [0.05, 0.1) is 18.6 Å². The summed E-state index contributed by atoms with van der Waals surface area (Å²) in [7, 11) is 0. The van der Waals surface area contributed by atoms with Crippen LogP contribution < -0.4 is 15.5 Å². The molecule has 2 unspecified atom stereocenters. The third kappa shape index (κ3) is 4.47. The van der Waals surface area contributed by atoms with Crippen LogP contribution in [0.3, 0.4) is 0 Å². The van der Waals surface area contributed by atoms with Crippen LogP contribution >= 0.6 is 0 Å². The van der Waals surface area contributed by atoms with Crippen molar-refractivity contribution in [1.29, 1.82) is 0 Å². The molecule has 6 rings (SSSR count). The molecule has 0 bridgehead atoms. The van der Waals surface area contributed by atoms with Crippen LogP contribution in [0.4, 0.5) is 8.78 Å². The van der Waals surface area contributed by atoms with Gasteiger partial charge in [-0.3, -0.25) is 19.2 Å². The van der Waals surface area contributed by atoms with Crippen LogP contribution in [0.2, 0.25) is 0 Å². The third-order valence-corrected chi connectivity index (χ3v) is 7.99. The average Bonchev–Trinajstić information content (AvgIpc) is 3.60. The number of nitrogens with zero attached hydrogens (tertiary/aromatic N) is 2. The quantitative estimate of drug-likeness (QED) is 0.467. The molecule has 0 radical (unpaired) electrons. The Morgan fingerprint density at radius 3 is 2.60 bits per heavy atom. The number of ketones is 1. The SMILES string of the molecule is O=C(CNC(=O)c1c2n3c(c(OCc4ccccc4)c1=O)C(=O)N1CCCC1C3CC2)Cc1ccc(F)cc1F. The number of fused-ring (bicyclic) bond motifs is 2. The monoisotopic (exact) mass is 547 g/mol. The summed E-state index contributed by atoms with van der Waals surface area (Å²) in [6.45, 7) is 0.197. The maximum atomic E-state index is 14.0. The molecule has 40 heavy (non-hydrogen) atoms. The number of Topliss-reactive ketones (excluding diaryl/α,β-unsaturated/α-hetero) is 1. The molecular weight excluding hydrogens is 520 g/mol. The van der Waals surface area contributed by atoms with E-state index in [1.807, 2.05) is 39.8 Å². The second-order valence-electron chi connectivity index (χ2n) is 10.4. The fourth-order valence-corrected chi connectivity index (χ4v) is 6.19. The molecule has 0 aliphatic carbocycles. The number of hydrogen-bond acceptors (Lipinski definition) is 5. The van der Waals surface area contributed by atoms with Crippen molar-refractivity contribution in [2.24, 2.45) is 0 Å². The smallest absolute Gasteiger partial charge is 0.274 e. The van der Waals surface area contributed by atoms with Gasteiger partial charge in [-0.1, -0.05) is 36.4 Å². The lowest BCUT2D eigenvalue weighted by molar-refractivity contribution is -0.117. The van der Waals surface area contributed by atoms with Gasteiger partial charge in [0.2, 0.25) is 5.43 Å². The third-order valence-electron chi connectivity index (χ3n) is 7.99. The highest BCUT2D eigenvalue weighted by molar-refractivity contribution is 6.02. The maximum Gasteiger partial charge on any atom is 0.274 e. The number of halogens is 2. The minimum absolute atomic E-state index is 0.00572. The van der Waals surface area contributed by atoms with Crippen molar-refractivity contribution in [1.82, 2.24) is 14.8 Å². The summed E-state index contributed by atoms with van der Waals surface area (Å²) < 4.78 is 35.0. The van der Waals surface area contributed by atoms with E-state index in [0.29, 0.717) is 31.1 Å². The Morgan fingerprint density at radius 2 is 1.82 bits per heavy atom. The van der Waals surface area contributed by atoms with Crippen LogP contribution in [0, 0.1) is 11.6 Å². The van der Waals surface area contributed by atoms with Gasteiger partial charge in [-0.05, 0) is 42.9 Å². The molecule has 0 spiro atoms. The van der Waals surface area contributed by atoms with Gasteiger partial charge in [0.15, 0.2) is 17.2 Å². The van der Waals surface area contributed by atoms with E-state index in [4.69, 9.17) is 4.74 Å². The van der Waals surface area contributed by atoms with Crippen molar-refractivity contribution in [2.75, 3.05) is 13.1 Å². The Balaban J connectivity index is 1.32. The molecule has 3 aromatic rings. The molecule has 1 aromatic heterocycles. The second-order valence-corrected chi connectivity index (χ2v) is 10.4. The number of ether oxygens (including phenoxy) is 1. The predicted octanol–water partition coefficient (Wildman–Crippen LogP) is 3.35. The van der Waals surface area contributed by atoms with E-state index >= 15 is 0 Å². The number of carbonyl (C=O) groups is 3. The van der Waals surface area contributed by atoms with Crippen LogP contribution in [0.1, 0.15) is 63.0 Å². The second kappa shape index (κ2) is 10.3. The van der Waals surface area contributed by atoms with E-state index in [2.05, 4.69) is 5.32 Å². The van der Waals surface area contributed by atoms with Gasteiger partial charge in [-0.2, -0.15) is 0 Å². The molecule has 3 aliphatic heterocycles. The van der Waals surface area contributed by atoms with E-state index in [1.165, 1.54) is 6.07 Å². The highest BCUT2D eigenvalue weighted by atomic mass is 19.1. The molecular formula is C30H27F2N3O5. The first-order valence-electron chi connectivity index (χ1n) is 13.4. The lowest BCUT2D eigenvalue weighted by Gasteiger charge is -2.38. The average molecular weight is 548 g/mol. The van der Waals surface area contributed by atoms with E-state index in [-0.39, 0.29) is 53.6 Å². The highest BCUT2D eigenvalue weighted by Gasteiger charge is 2.48. The molecule has 0 saturated carbocycles. The fourth-order valence-electron chi connectivity index (χ4n) is 6.19. The fraction of sp³-hybridized carbons (Fsp3) is 0.333. The van der Waals surface area contributed by atoms with Gasteiger partial charge in [0.1, 0.15) is 23.8 Å². The van der Waals surface area contributed by atoms with Crippen molar-refractivity contribution in [2.45, 2.75) is 50.8 Å². The Kier molecular flexibility index (Phi) is 6.69. The van der Waals surface area contributed by atoms with Gasteiger partial charge in [0, 0.05) is 24.7 Å². The summed E-state index contributed by atoms with van der Waals surface area (Å²) in [5, 5.41) is 2.50. The molecule has 2 amide bonds. The molecule has 2 aromatic carbocycles. The molecule has 1 saturated heterocycles. The van der Waals surface area contributed by atoms with Crippen molar-refractivity contribution in [3.8, 4) is 5.75 Å². The van der Waals surface area contributed by atoms with Gasteiger partial charge >= 0.3 is 0 Å². The molecule has 1 fully saturated rings.